The molecule has 5 heteroatoms. The van der Waals surface area contributed by atoms with Gasteiger partial charge in [0, 0.05) is 31.2 Å². The van der Waals surface area contributed by atoms with E-state index in [2.05, 4.69) is 19.2 Å². The van der Waals surface area contributed by atoms with Crippen LogP contribution in [0.25, 0.3) is 0 Å². The van der Waals surface area contributed by atoms with Gasteiger partial charge in [0.25, 0.3) is 11.8 Å². The molecule has 1 aliphatic rings. The van der Waals surface area contributed by atoms with Gasteiger partial charge in [-0.2, -0.15) is 0 Å². The zero-order valence-corrected chi connectivity index (χ0v) is 12.5. The summed E-state index contributed by atoms with van der Waals surface area (Å²) in [6.07, 6.45) is 5.44. The molecule has 0 aromatic carbocycles. The van der Waals surface area contributed by atoms with E-state index in [1.54, 1.807) is 0 Å². The molecule has 1 rings (SSSR count). The average molecular weight is 280 g/mol. The fraction of sp³-hybridized carbons (Fsp3) is 0.667. The van der Waals surface area contributed by atoms with E-state index in [4.69, 9.17) is 0 Å². The molecule has 0 radical (unpaired) electrons. The van der Waals surface area contributed by atoms with Gasteiger partial charge in [0.15, 0.2) is 0 Å². The molecule has 0 fully saturated rings. The molecule has 0 aromatic rings. The number of carbonyl (C=O) groups excluding carboxylic acids is 3. The summed E-state index contributed by atoms with van der Waals surface area (Å²) < 4.78 is 0. The smallest absolute Gasteiger partial charge is 0.253 e. The molecule has 0 aliphatic carbocycles. The molecule has 0 bridgehead atoms. The van der Waals surface area contributed by atoms with Crippen LogP contribution in [-0.2, 0) is 14.4 Å². The third kappa shape index (κ3) is 5.15. The lowest BCUT2D eigenvalue weighted by atomic mass is 10.1. The van der Waals surface area contributed by atoms with E-state index in [-0.39, 0.29) is 23.8 Å². The zero-order valence-electron chi connectivity index (χ0n) is 12.5. The molecular weight excluding hydrogens is 256 g/mol. The van der Waals surface area contributed by atoms with Crippen molar-refractivity contribution in [3.63, 3.8) is 0 Å². The van der Waals surface area contributed by atoms with E-state index >= 15 is 0 Å². The van der Waals surface area contributed by atoms with Crippen LogP contribution in [0.2, 0.25) is 0 Å². The number of imide groups is 1. The van der Waals surface area contributed by atoms with Crippen molar-refractivity contribution < 1.29 is 14.4 Å². The van der Waals surface area contributed by atoms with Crippen molar-refractivity contribution in [2.45, 2.75) is 52.5 Å². The summed E-state index contributed by atoms with van der Waals surface area (Å²) in [5.74, 6) is 0.0248. The Balaban J connectivity index is 2.09. The average Bonchev–Trinajstić information content (AvgIpc) is 2.69. The Morgan fingerprint density at radius 1 is 1.10 bits per heavy atom. The summed E-state index contributed by atoms with van der Waals surface area (Å²) in [6.45, 7) is 6.58. The normalized spacial score (nSPS) is 16.1. The Hall–Kier alpha value is -1.65. The minimum Gasteiger partial charge on any atom is -0.353 e. The SMILES string of the molecule is CC(C)C(C)NC(=O)CCCCCN1C(=O)C=CC1=O. The fourth-order valence-electron chi connectivity index (χ4n) is 1.88. The predicted molar refractivity (Wildman–Crippen MR) is 76.8 cm³/mol. The maximum Gasteiger partial charge on any atom is 0.253 e. The zero-order chi connectivity index (χ0) is 15.1. The summed E-state index contributed by atoms with van der Waals surface area (Å²) in [5, 5.41) is 2.96. The summed E-state index contributed by atoms with van der Waals surface area (Å²) in [4.78, 5) is 35.5. The number of carbonyl (C=O) groups is 3. The maximum absolute atomic E-state index is 11.6. The van der Waals surface area contributed by atoms with Gasteiger partial charge in [-0.15, -0.1) is 0 Å². The number of hydrogen-bond donors (Lipinski definition) is 1. The first-order valence-electron chi connectivity index (χ1n) is 7.24. The molecule has 0 aromatic heterocycles. The van der Waals surface area contributed by atoms with Gasteiger partial charge in [-0.05, 0) is 25.7 Å². The minimum absolute atomic E-state index is 0.0705. The summed E-state index contributed by atoms with van der Waals surface area (Å²) in [5.41, 5.74) is 0. The van der Waals surface area contributed by atoms with Crippen LogP contribution < -0.4 is 5.32 Å². The van der Waals surface area contributed by atoms with Gasteiger partial charge in [0.1, 0.15) is 0 Å². The molecular formula is C15H24N2O3. The van der Waals surface area contributed by atoms with Crippen molar-refractivity contribution in [2.75, 3.05) is 6.54 Å². The van der Waals surface area contributed by atoms with E-state index in [0.717, 1.165) is 19.3 Å². The second-order valence-corrected chi connectivity index (χ2v) is 5.57. The molecule has 1 atom stereocenters. The van der Waals surface area contributed by atoms with Crippen molar-refractivity contribution in [1.29, 1.82) is 0 Å². The number of nitrogens with one attached hydrogen (secondary N) is 1. The molecule has 5 nitrogen and oxygen atoms in total. The highest BCUT2D eigenvalue weighted by atomic mass is 16.2. The quantitative estimate of drug-likeness (QED) is 0.543. The predicted octanol–water partition coefficient (Wildman–Crippen LogP) is 1.63. The van der Waals surface area contributed by atoms with Gasteiger partial charge in [0.05, 0.1) is 0 Å². The lowest BCUT2D eigenvalue weighted by Crippen LogP contribution is -2.35. The monoisotopic (exact) mass is 280 g/mol. The lowest BCUT2D eigenvalue weighted by Gasteiger charge is -2.17. The lowest BCUT2D eigenvalue weighted by molar-refractivity contribution is -0.137. The molecule has 1 heterocycles. The number of unbranched alkanes of at least 4 members (excludes halogenated alkanes) is 2. The number of hydrogen-bond acceptors (Lipinski definition) is 3. The van der Waals surface area contributed by atoms with E-state index in [0.29, 0.717) is 18.9 Å². The topological polar surface area (TPSA) is 66.5 Å². The van der Waals surface area contributed by atoms with E-state index < -0.39 is 0 Å². The van der Waals surface area contributed by atoms with Gasteiger partial charge in [-0.3, -0.25) is 19.3 Å². The first-order chi connectivity index (χ1) is 9.41. The summed E-state index contributed by atoms with van der Waals surface area (Å²) in [7, 11) is 0. The molecule has 1 unspecified atom stereocenters. The molecule has 112 valence electrons. The maximum atomic E-state index is 11.6. The molecule has 1 aliphatic heterocycles. The molecule has 0 saturated carbocycles. The highest BCUT2D eigenvalue weighted by Crippen LogP contribution is 2.08. The Labute approximate surface area is 120 Å². The second-order valence-electron chi connectivity index (χ2n) is 5.57. The van der Waals surface area contributed by atoms with Crippen LogP contribution in [-0.4, -0.2) is 35.2 Å². The van der Waals surface area contributed by atoms with Crippen LogP contribution in [0.15, 0.2) is 12.2 Å². The highest BCUT2D eigenvalue weighted by Gasteiger charge is 2.22. The number of rotatable bonds is 8. The van der Waals surface area contributed by atoms with Crippen LogP contribution in [0, 0.1) is 5.92 Å². The number of nitrogens with zero attached hydrogens (tertiary/aromatic N) is 1. The van der Waals surface area contributed by atoms with Crippen LogP contribution in [0.5, 0.6) is 0 Å². The van der Waals surface area contributed by atoms with Gasteiger partial charge in [0.2, 0.25) is 5.91 Å². The Kier molecular flexibility index (Phi) is 6.42. The van der Waals surface area contributed by atoms with Gasteiger partial charge < -0.3 is 5.32 Å². The third-order valence-electron chi connectivity index (χ3n) is 3.57. The van der Waals surface area contributed by atoms with Crippen molar-refractivity contribution in [3.8, 4) is 0 Å². The number of amides is 3. The van der Waals surface area contributed by atoms with Crippen molar-refractivity contribution in [1.82, 2.24) is 10.2 Å². The molecule has 0 spiro atoms. The van der Waals surface area contributed by atoms with Crippen LogP contribution >= 0.6 is 0 Å². The fourth-order valence-corrected chi connectivity index (χ4v) is 1.88. The van der Waals surface area contributed by atoms with Gasteiger partial charge in [-0.25, -0.2) is 0 Å². The standard InChI is InChI=1S/C15H24N2O3/c1-11(2)12(3)16-13(18)7-5-4-6-10-17-14(19)8-9-15(17)20/h8-9,11-12H,4-7,10H2,1-3H3,(H,16,18). The second kappa shape index (κ2) is 7.82. The van der Waals surface area contributed by atoms with Crippen molar-refractivity contribution in [2.24, 2.45) is 5.92 Å². The molecule has 3 amide bonds. The highest BCUT2D eigenvalue weighted by molar-refractivity contribution is 6.12. The summed E-state index contributed by atoms with van der Waals surface area (Å²) in [6, 6.07) is 0.188. The third-order valence-corrected chi connectivity index (χ3v) is 3.57. The Morgan fingerprint density at radius 3 is 2.25 bits per heavy atom. The molecule has 20 heavy (non-hydrogen) atoms. The van der Waals surface area contributed by atoms with E-state index in [1.807, 2.05) is 6.92 Å². The first kappa shape index (κ1) is 16.4. The molecule has 1 N–H and O–H groups in total. The van der Waals surface area contributed by atoms with Crippen LogP contribution in [0.3, 0.4) is 0 Å². The van der Waals surface area contributed by atoms with E-state index in [9.17, 15) is 14.4 Å². The van der Waals surface area contributed by atoms with E-state index in [1.165, 1.54) is 17.1 Å². The van der Waals surface area contributed by atoms with Crippen LogP contribution in [0.1, 0.15) is 46.5 Å². The largest absolute Gasteiger partial charge is 0.353 e. The minimum atomic E-state index is -0.237. The van der Waals surface area contributed by atoms with Crippen LogP contribution in [0.4, 0.5) is 0 Å². The van der Waals surface area contributed by atoms with Crippen molar-refractivity contribution in [3.05, 3.63) is 12.2 Å². The Bertz CT molecular complexity index is 384. The Morgan fingerprint density at radius 2 is 1.70 bits per heavy atom. The summed E-state index contributed by atoms with van der Waals surface area (Å²) >= 11 is 0. The first-order valence-corrected chi connectivity index (χ1v) is 7.24. The van der Waals surface area contributed by atoms with Gasteiger partial charge >= 0.3 is 0 Å². The molecule has 0 saturated heterocycles. The van der Waals surface area contributed by atoms with Gasteiger partial charge in [-0.1, -0.05) is 20.3 Å². The van der Waals surface area contributed by atoms with Crippen molar-refractivity contribution >= 4 is 17.7 Å².